The number of benzene rings is 1. The average Bonchev–Trinajstić information content (AvgIpc) is 3.13. The Morgan fingerprint density at radius 3 is 2.96 bits per heavy atom. The quantitative estimate of drug-likeness (QED) is 0.682. The van der Waals surface area contributed by atoms with Crippen LogP contribution >= 0.6 is 0 Å². The third-order valence-electron chi connectivity index (χ3n) is 5.18. The SMILES string of the molecule is CC(C)Cc1cn(C[C@@H]2CCCN(C(=O)c3cccc4nccnc34)C2)nn1. The molecule has 0 unspecified atom stereocenters. The van der Waals surface area contributed by atoms with Gasteiger partial charge in [0.25, 0.3) is 5.91 Å². The van der Waals surface area contributed by atoms with Crippen LogP contribution in [0, 0.1) is 11.8 Å². The predicted molar refractivity (Wildman–Crippen MR) is 107 cm³/mol. The van der Waals surface area contributed by atoms with Gasteiger partial charge >= 0.3 is 0 Å². The Balaban J connectivity index is 1.46. The highest BCUT2D eigenvalue weighted by Crippen LogP contribution is 2.22. The number of aromatic nitrogens is 5. The molecule has 2 aromatic heterocycles. The van der Waals surface area contributed by atoms with Crippen LogP contribution in [0.5, 0.6) is 0 Å². The van der Waals surface area contributed by atoms with E-state index in [0.29, 0.717) is 22.9 Å². The molecule has 1 fully saturated rings. The summed E-state index contributed by atoms with van der Waals surface area (Å²) in [4.78, 5) is 23.8. The van der Waals surface area contributed by atoms with E-state index in [0.717, 1.165) is 50.1 Å². The van der Waals surface area contributed by atoms with E-state index in [4.69, 9.17) is 0 Å². The fraction of sp³-hybridized carbons (Fsp3) is 0.476. The van der Waals surface area contributed by atoms with E-state index >= 15 is 0 Å². The van der Waals surface area contributed by atoms with Gasteiger partial charge in [-0.2, -0.15) is 0 Å². The molecular formula is C21H26N6O. The molecule has 146 valence electrons. The molecule has 0 radical (unpaired) electrons. The summed E-state index contributed by atoms with van der Waals surface area (Å²) in [5, 5.41) is 8.55. The zero-order valence-corrected chi connectivity index (χ0v) is 16.5. The number of amides is 1. The lowest BCUT2D eigenvalue weighted by molar-refractivity contribution is 0.0661. The Bertz CT molecular complexity index is 961. The first-order valence-electron chi connectivity index (χ1n) is 9.98. The minimum atomic E-state index is 0.0369. The molecule has 1 saturated heterocycles. The first kappa shape index (κ1) is 18.5. The van der Waals surface area contributed by atoms with Crippen LogP contribution in [0.2, 0.25) is 0 Å². The third kappa shape index (κ3) is 4.03. The Labute approximate surface area is 164 Å². The second-order valence-corrected chi connectivity index (χ2v) is 8.02. The summed E-state index contributed by atoms with van der Waals surface area (Å²) in [7, 11) is 0. The summed E-state index contributed by atoms with van der Waals surface area (Å²) in [6, 6.07) is 5.60. The zero-order valence-electron chi connectivity index (χ0n) is 16.5. The normalized spacial score (nSPS) is 17.4. The van der Waals surface area contributed by atoms with E-state index in [1.807, 2.05) is 34.0 Å². The lowest BCUT2D eigenvalue weighted by Gasteiger charge is -2.32. The maximum atomic E-state index is 13.2. The van der Waals surface area contributed by atoms with Crippen molar-refractivity contribution in [3.8, 4) is 0 Å². The maximum Gasteiger partial charge on any atom is 0.256 e. The molecule has 0 saturated carbocycles. The second kappa shape index (κ2) is 8.04. The highest BCUT2D eigenvalue weighted by Gasteiger charge is 2.26. The lowest BCUT2D eigenvalue weighted by Crippen LogP contribution is -2.41. The van der Waals surface area contributed by atoms with Gasteiger partial charge in [-0.15, -0.1) is 5.10 Å². The topological polar surface area (TPSA) is 76.8 Å². The molecule has 0 spiro atoms. The minimum absolute atomic E-state index is 0.0369. The van der Waals surface area contributed by atoms with E-state index in [9.17, 15) is 4.79 Å². The zero-order chi connectivity index (χ0) is 19.5. The molecule has 3 aromatic rings. The molecular weight excluding hydrogens is 352 g/mol. The standard InChI is InChI=1S/C21H26N6O/c1-15(2)11-17-14-27(25-24-17)13-16-5-4-10-26(12-16)21(28)18-6-3-7-19-20(18)23-9-8-22-19/h3,6-9,14-16H,4-5,10-13H2,1-2H3/t16-/m1/s1. The number of hydrogen-bond donors (Lipinski definition) is 0. The number of carbonyl (C=O) groups excluding carboxylic acids is 1. The molecule has 1 aromatic carbocycles. The highest BCUT2D eigenvalue weighted by atomic mass is 16.2. The lowest BCUT2D eigenvalue weighted by atomic mass is 9.97. The van der Waals surface area contributed by atoms with E-state index in [-0.39, 0.29) is 5.91 Å². The van der Waals surface area contributed by atoms with Gasteiger partial charge in [0.15, 0.2) is 0 Å². The van der Waals surface area contributed by atoms with E-state index in [1.54, 1.807) is 12.4 Å². The van der Waals surface area contributed by atoms with Gasteiger partial charge in [0.05, 0.1) is 16.8 Å². The molecule has 7 heteroatoms. The van der Waals surface area contributed by atoms with Gasteiger partial charge in [0, 0.05) is 38.2 Å². The number of carbonyl (C=O) groups is 1. The number of piperidine rings is 1. The third-order valence-corrected chi connectivity index (χ3v) is 5.18. The summed E-state index contributed by atoms with van der Waals surface area (Å²) in [5.74, 6) is 0.985. The molecule has 0 bridgehead atoms. The van der Waals surface area contributed by atoms with Crippen molar-refractivity contribution >= 4 is 16.9 Å². The molecule has 7 nitrogen and oxygen atoms in total. The van der Waals surface area contributed by atoms with E-state index in [1.165, 1.54) is 0 Å². The maximum absolute atomic E-state index is 13.2. The fourth-order valence-corrected chi connectivity index (χ4v) is 3.94. The molecule has 4 rings (SSSR count). The van der Waals surface area contributed by atoms with Crippen molar-refractivity contribution in [2.45, 2.75) is 39.7 Å². The first-order chi connectivity index (χ1) is 13.6. The largest absolute Gasteiger partial charge is 0.338 e. The molecule has 3 heterocycles. The van der Waals surface area contributed by atoms with Gasteiger partial charge in [-0.1, -0.05) is 25.1 Å². The van der Waals surface area contributed by atoms with E-state index < -0.39 is 0 Å². The van der Waals surface area contributed by atoms with Crippen LogP contribution in [0.25, 0.3) is 11.0 Å². The number of rotatable bonds is 5. The Morgan fingerprint density at radius 2 is 2.11 bits per heavy atom. The molecule has 1 aliphatic rings. The van der Waals surface area contributed by atoms with Crippen molar-refractivity contribution in [2.75, 3.05) is 13.1 Å². The Hall–Kier alpha value is -2.83. The van der Waals surface area contributed by atoms with Gasteiger partial charge in [0.2, 0.25) is 0 Å². The summed E-state index contributed by atoms with van der Waals surface area (Å²) in [6.07, 6.45) is 8.37. The molecule has 0 aliphatic carbocycles. The molecule has 1 aliphatic heterocycles. The molecule has 1 amide bonds. The minimum Gasteiger partial charge on any atom is -0.338 e. The van der Waals surface area contributed by atoms with Crippen LogP contribution in [-0.4, -0.2) is 48.9 Å². The van der Waals surface area contributed by atoms with Gasteiger partial charge in [-0.3, -0.25) is 19.4 Å². The average molecular weight is 378 g/mol. The van der Waals surface area contributed by atoms with Crippen LogP contribution in [-0.2, 0) is 13.0 Å². The van der Waals surface area contributed by atoms with Gasteiger partial charge in [0.1, 0.15) is 5.52 Å². The molecule has 1 atom stereocenters. The number of likely N-dealkylation sites (tertiary alicyclic amines) is 1. The van der Waals surface area contributed by atoms with Crippen molar-refractivity contribution < 1.29 is 4.79 Å². The smallest absolute Gasteiger partial charge is 0.256 e. The Morgan fingerprint density at radius 1 is 1.25 bits per heavy atom. The summed E-state index contributed by atoms with van der Waals surface area (Å²) in [6.45, 7) is 6.67. The van der Waals surface area contributed by atoms with Crippen LogP contribution in [0.4, 0.5) is 0 Å². The second-order valence-electron chi connectivity index (χ2n) is 8.02. The van der Waals surface area contributed by atoms with Crippen LogP contribution in [0.1, 0.15) is 42.7 Å². The van der Waals surface area contributed by atoms with Gasteiger partial charge in [-0.05, 0) is 43.2 Å². The van der Waals surface area contributed by atoms with Crippen LogP contribution in [0.15, 0.2) is 36.8 Å². The van der Waals surface area contributed by atoms with Gasteiger partial charge in [-0.25, -0.2) is 0 Å². The van der Waals surface area contributed by atoms with Crippen molar-refractivity contribution in [2.24, 2.45) is 11.8 Å². The highest BCUT2D eigenvalue weighted by molar-refractivity contribution is 6.04. The first-order valence-corrected chi connectivity index (χ1v) is 9.98. The van der Waals surface area contributed by atoms with Crippen molar-refractivity contribution in [1.29, 1.82) is 0 Å². The number of para-hydroxylation sites is 1. The van der Waals surface area contributed by atoms with Crippen LogP contribution in [0.3, 0.4) is 0 Å². The van der Waals surface area contributed by atoms with E-state index in [2.05, 4.69) is 34.1 Å². The number of hydrogen-bond acceptors (Lipinski definition) is 5. The number of fused-ring (bicyclic) bond motifs is 1. The fourth-order valence-electron chi connectivity index (χ4n) is 3.94. The van der Waals surface area contributed by atoms with Gasteiger partial charge < -0.3 is 4.90 Å². The Kier molecular flexibility index (Phi) is 5.32. The van der Waals surface area contributed by atoms with Crippen LogP contribution < -0.4 is 0 Å². The van der Waals surface area contributed by atoms with Crippen molar-refractivity contribution in [1.82, 2.24) is 29.9 Å². The number of nitrogens with zero attached hydrogens (tertiary/aromatic N) is 6. The summed E-state index contributed by atoms with van der Waals surface area (Å²) in [5.41, 5.74) is 3.09. The van der Waals surface area contributed by atoms with Crippen molar-refractivity contribution in [3.05, 3.63) is 48.0 Å². The predicted octanol–water partition coefficient (Wildman–Crippen LogP) is 2.97. The summed E-state index contributed by atoms with van der Waals surface area (Å²) >= 11 is 0. The molecule has 28 heavy (non-hydrogen) atoms. The summed E-state index contributed by atoms with van der Waals surface area (Å²) < 4.78 is 1.93. The monoisotopic (exact) mass is 378 g/mol. The molecule has 0 N–H and O–H groups in total. The van der Waals surface area contributed by atoms with Crippen molar-refractivity contribution in [3.63, 3.8) is 0 Å².